The number of nitrogens with zero attached hydrogens (tertiary/aromatic N) is 2. The van der Waals surface area contributed by atoms with Gasteiger partial charge < -0.3 is 10.2 Å². The van der Waals surface area contributed by atoms with Gasteiger partial charge in [0.15, 0.2) is 0 Å². The molecule has 0 radical (unpaired) electrons. The second kappa shape index (κ2) is 12.1. The highest BCUT2D eigenvalue weighted by Crippen LogP contribution is 2.20. The van der Waals surface area contributed by atoms with E-state index in [1.807, 2.05) is 31.2 Å². The quantitative estimate of drug-likeness (QED) is 0.439. The summed E-state index contributed by atoms with van der Waals surface area (Å²) in [4.78, 5) is 27.4. The molecule has 0 heterocycles. The number of unbranched alkanes of at least 4 members (excludes halogenated alkanes) is 1. The Morgan fingerprint density at radius 2 is 1.70 bits per heavy atom. The first-order valence-corrected chi connectivity index (χ1v) is 13.2. The van der Waals surface area contributed by atoms with E-state index in [9.17, 15) is 22.4 Å². The molecule has 33 heavy (non-hydrogen) atoms. The average molecular weight is 542 g/mol. The summed E-state index contributed by atoms with van der Waals surface area (Å²) in [6.45, 7) is 3.71. The Labute approximate surface area is 203 Å². The molecule has 0 aromatic heterocycles. The molecule has 2 amide bonds. The molecule has 1 atom stereocenters. The van der Waals surface area contributed by atoms with Crippen LogP contribution in [0.2, 0.25) is 0 Å². The predicted molar refractivity (Wildman–Crippen MR) is 131 cm³/mol. The van der Waals surface area contributed by atoms with Crippen LogP contribution in [0.3, 0.4) is 0 Å². The second-order valence-electron chi connectivity index (χ2n) is 7.71. The van der Waals surface area contributed by atoms with Gasteiger partial charge in [-0.05, 0) is 55.3 Å². The van der Waals surface area contributed by atoms with E-state index in [-0.39, 0.29) is 18.1 Å². The Kier molecular flexibility index (Phi) is 9.85. The van der Waals surface area contributed by atoms with Crippen LogP contribution in [0.15, 0.2) is 53.0 Å². The standard InChI is InChI=1S/C23H29BrFN3O4S/c1-4-5-14-26-23(30)17(2)27(15-18-6-8-19(24)9-7-18)22(29)16-28(33(3,31)32)21-12-10-20(25)11-13-21/h6-13,17H,4-5,14-16H2,1-3H3,(H,26,30)/t17-/m0/s1. The maximum Gasteiger partial charge on any atom is 0.244 e. The lowest BCUT2D eigenvalue weighted by atomic mass is 10.1. The first kappa shape index (κ1) is 26.8. The monoisotopic (exact) mass is 541 g/mol. The van der Waals surface area contributed by atoms with Crippen LogP contribution in [0, 0.1) is 5.82 Å². The van der Waals surface area contributed by atoms with Crippen molar-refractivity contribution in [2.24, 2.45) is 0 Å². The maximum atomic E-state index is 13.3. The maximum absolute atomic E-state index is 13.3. The van der Waals surface area contributed by atoms with Gasteiger partial charge in [-0.15, -0.1) is 0 Å². The fraction of sp³-hybridized carbons (Fsp3) is 0.391. The predicted octanol–water partition coefficient (Wildman–Crippen LogP) is 3.69. The van der Waals surface area contributed by atoms with E-state index in [0.717, 1.165) is 45.6 Å². The Balaban J connectivity index is 2.32. The molecule has 10 heteroatoms. The van der Waals surface area contributed by atoms with Crippen LogP contribution < -0.4 is 9.62 Å². The van der Waals surface area contributed by atoms with Crippen LogP contribution in [-0.2, 0) is 26.2 Å². The minimum Gasteiger partial charge on any atom is -0.354 e. The number of rotatable bonds is 11. The lowest BCUT2D eigenvalue weighted by Gasteiger charge is -2.31. The second-order valence-corrected chi connectivity index (χ2v) is 10.5. The van der Waals surface area contributed by atoms with Crippen molar-refractivity contribution in [2.75, 3.05) is 23.7 Å². The number of carbonyl (C=O) groups excluding carboxylic acids is 2. The number of hydrogen-bond donors (Lipinski definition) is 1. The van der Waals surface area contributed by atoms with Crippen molar-refractivity contribution in [3.63, 3.8) is 0 Å². The summed E-state index contributed by atoms with van der Waals surface area (Å²) in [7, 11) is -3.84. The van der Waals surface area contributed by atoms with Crippen molar-refractivity contribution in [1.82, 2.24) is 10.2 Å². The van der Waals surface area contributed by atoms with Crippen molar-refractivity contribution in [3.8, 4) is 0 Å². The topological polar surface area (TPSA) is 86.8 Å². The van der Waals surface area contributed by atoms with Gasteiger partial charge in [0.25, 0.3) is 0 Å². The summed E-state index contributed by atoms with van der Waals surface area (Å²) >= 11 is 3.37. The number of hydrogen-bond acceptors (Lipinski definition) is 4. The molecular weight excluding hydrogens is 513 g/mol. The largest absolute Gasteiger partial charge is 0.354 e. The number of anilines is 1. The lowest BCUT2D eigenvalue weighted by Crippen LogP contribution is -2.51. The molecule has 180 valence electrons. The Hall–Kier alpha value is -2.46. The Morgan fingerprint density at radius 3 is 2.24 bits per heavy atom. The highest BCUT2D eigenvalue weighted by Gasteiger charge is 2.30. The molecule has 0 aliphatic carbocycles. The number of halogens is 2. The molecule has 0 aliphatic heterocycles. The van der Waals surface area contributed by atoms with E-state index >= 15 is 0 Å². The molecule has 0 unspecified atom stereocenters. The molecule has 2 rings (SSSR count). The van der Waals surface area contributed by atoms with Crippen LogP contribution in [0.1, 0.15) is 32.3 Å². The number of nitrogens with one attached hydrogen (secondary N) is 1. The van der Waals surface area contributed by atoms with Crippen LogP contribution in [-0.4, -0.2) is 50.5 Å². The van der Waals surface area contributed by atoms with Gasteiger partial charge in [-0.25, -0.2) is 12.8 Å². The normalized spacial score (nSPS) is 12.2. The first-order chi connectivity index (χ1) is 15.5. The molecule has 0 aliphatic rings. The van der Waals surface area contributed by atoms with Gasteiger partial charge in [0.1, 0.15) is 18.4 Å². The zero-order chi connectivity index (χ0) is 24.6. The third kappa shape index (κ3) is 8.12. The van der Waals surface area contributed by atoms with Crippen molar-refractivity contribution in [3.05, 3.63) is 64.4 Å². The van der Waals surface area contributed by atoms with Gasteiger partial charge in [-0.2, -0.15) is 0 Å². The van der Waals surface area contributed by atoms with Gasteiger partial charge in [0.05, 0.1) is 11.9 Å². The fourth-order valence-corrected chi connectivity index (χ4v) is 4.24. The number of benzene rings is 2. The van der Waals surface area contributed by atoms with Crippen LogP contribution in [0.4, 0.5) is 10.1 Å². The molecule has 0 saturated carbocycles. The van der Waals surface area contributed by atoms with Gasteiger partial charge in [0.2, 0.25) is 21.8 Å². The molecule has 2 aromatic carbocycles. The molecule has 7 nitrogen and oxygen atoms in total. The molecule has 0 saturated heterocycles. The minimum atomic E-state index is -3.84. The summed E-state index contributed by atoms with van der Waals surface area (Å²) in [6.07, 6.45) is 2.70. The summed E-state index contributed by atoms with van der Waals surface area (Å²) in [5.74, 6) is -1.39. The SMILES string of the molecule is CCCCNC(=O)[C@H](C)N(Cc1ccc(Br)cc1)C(=O)CN(c1ccc(F)cc1)S(C)(=O)=O. The third-order valence-electron chi connectivity index (χ3n) is 5.06. The molecule has 0 fully saturated rings. The summed E-state index contributed by atoms with van der Waals surface area (Å²) in [5.41, 5.74) is 0.948. The van der Waals surface area contributed by atoms with E-state index in [2.05, 4.69) is 21.2 Å². The highest BCUT2D eigenvalue weighted by atomic mass is 79.9. The van der Waals surface area contributed by atoms with Gasteiger partial charge in [-0.1, -0.05) is 41.4 Å². The van der Waals surface area contributed by atoms with Crippen LogP contribution in [0.25, 0.3) is 0 Å². The van der Waals surface area contributed by atoms with E-state index in [0.29, 0.717) is 6.54 Å². The average Bonchev–Trinajstić information content (AvgIpc) is 2.76. The number of amides is 2. The van der Waals surface area contributed by atoms with Crippen LogP contribution >= 0.6 is 15.9 Å². The number of sulfonamides is 1. The van der Waals surface area contributed by atoms with Crippen molar-refractivity contribution < 1.29 is 22.4 Å². The van der Waals surface area contributed by atoms with Crippen LogP contribution in [0.5, 0.6) is 0 Å². The Morgan fingerprint density at radius 1 is 1.09 bits per heavy atom. The van der Waals surface area contributed by atoms with Gasteiger partial charge >= 0.3 is 0 Å². The van der Waals surface area contributed by atoms with E-state index in [1.54, 1.807) is 6.92 Å². The minimum absolute atomic E-state index is 0.121. The zero-order valence-electron chi connectivity index (χ0n) is 18.9. The lowest BCUT2D eigenvalue weighted by molar-refractivity contribution is -0.139. The zero-order valence-corrected chi connectivity index (χ0v) is 21.3. The van der Waals surface area contributed by atoms with Crippen molar-refractivity contribution >= 4 is 43.5 Å². The Bertz CT molecular complexity index is 1050. The van der Waals surface area contributed by atoms with E-state index < -0.39 is 34.3 Å². The van der Waals surface area contributed by atoms with Crippen molar-refractivity contribution in [1.29, 1.82) is 0 Å². The molecular formula is C23H29BrFN3O4S. The highest BCUT2D eigenvalue weighted by molar-refractivity contribution is 9.10. The summed E-state index contributed by atoms with van der Waals surface area (Å²) in [5, 5.41) is 2.82. The fourth-order valence-electron chi connectivity index (χ4n) is 3.13. The van der Waals surface area contributed by atoms with Gasteiger partial charge in [-0.3, -0.25) is 13.9 Å². The van der Waals surface area contributed by atoms with Crippen molar-refractivity contribution in [2.45, 2.75) is 39.3 Å². The summed E-state index contributed by atoms with van der Waals surface area (Å²) in [6, 6.07) is 11.3. The van der Waals surface area contributed by atoms with Gasteiger partial charge in [0, 0.05) is 17.6 Å². The molecule has 1 N–H and O–H groups in total. The first-order valence-electron chi connectivity index (χ1n) is 10.6. The molecule has 0 spiro atoms. The molecule has 0 bridgehead atoms. The third-order valence-corrected chi connectivity index (χ3v) is 6.73. The van der Waals surface area contributed by atoms with E-state index in [4.69, 9.17) is 0 Å². The molecule has 2 aromatic rings. The van der Waals surface area contributed by atoms with E-state index in [1.165, 1.54) is 17.0 Å². The smallest absolute Gasteiger partial charge is 0.244 e. The number of carbonyl (C=O) groups is 2. The summed E-state index contributed by atoms with van der Waals surface area (Å²) < 4.78 is 40.0.